The molecule has 2 N–H and O–H groups in total. The van der Waals surface area contributed by atoms with Crippen LogP contribution < -0.4 is 15.4 Å². The predicted molar refractivity (Wildman–Crippen MR) is 112 cm³/mol. The number of para-hydroxylation sites is 1. The Kier molecular flexibility index (Phi) is 6.80. The van der Waals surface area contributed by atoms with Gasteiger partial charge in [-0.2, -0.15) is 0 Å². The van der Waals surface area contributed by atoms with Crippen molar-refractivity contribution < 1.29 is 18.7 Å². The second-order valence-corrected chi connectivity index (χ2v) is 6.99. The van der Waals surface area contributed by atoms with Gasteiger partial charge in [0, 0.05) is 5.69 Å². The fourth-order valence-corrected chi connectivity index (χ4v) is 2.77. The first-order valence-electron chi connectivity index (χ1n) is 8.72. The third-order valence-electron chi connectivity index (χ3n) is 3.96. The van der Waals surface area contributed by atoms with Gasteiger partial charge < -0.3 is 19.8 Å². The van der Waals surface area contributed by atoms with E-state index in [4.69, 9.17) is 32.4 Å². The van der Waals surface area contributed by atoms with Crippen LogP contribution in [0.1, 0.15) is 21.9 Å². The number of hydrogen-bond donors (Lipinski definition) is 2. The monoisotopic (exact) mass is 432 g/mol. The Labute approximate surface area is 177 Å². The maximum absolute atomic E-state index is 12.2. The average molecular weight is 433 g/mol. The number of nitrogens with one attached hydrogen (secondary N) is 2. The Hall–Kier alpha value is -2.96. The summed E-state index contributed by atoms with van der Waals surface area (Å²) in [5.74, 6) is 0.422. The molecule has 3 rings (SSSR count). The van der Waals surface area contributed by atoms with Crippen LogP contribution in [0.3, 0.4) is 0 Å². The van der Waals surface area contributed by atoms with Crippen LogP contribution in [0.4, 0.5) is 5.69 Å². The highest BCUT2D eigenvalue weighted by molar-refractivity contribution is 6.42. The van der Waals surface area contributed by atoms with Crippen molar-refractivity contribution in [2.75, 3.05) is 11.9 Å². The molecule has 0 saturated heterocycles. The first-order chi connectivity index (χ1) is 13.9. The molecule has 0 saturated carbocycles. The van der Waals surface area contributed by atoms with E-state index < -0.39 is 11.8 Å². The molecule has 0 atom stereocenters. The molecular weight excluding hydrogens is 415 g/mol. The molecule has 2 amide bonds. The lowest BCUT2D eigenvalue weighted by molar-refractivity contribution is -0.115. The quantitative estimate of drug-likeness (QED) is 0.559. The maximum Gasteiger partial charge on any atom is 0.287 e. The van der Waals surface area contributed by atoms with Crippen LogP contribution in [0, 0.1) is 6.92 Å². The van der Waals surface area contributed by atoms with E-state index in [2.05, 4.69) is 10.6 Å². The largest absolute Gasteiger partial charge is 0.485 e. The van der Waals surface area contributed by atoms with Crippen LogP contribution in [0.2, 0.25) is 10.0 Å². The zero-order valence-electron chi connectivity index (χ0n) is 15.5. The number of aryl methyl sites for hydroxylation is 1. The van der Waals surface area contributed by atoms with E-state index in [0.717, 1.165) is 11.3 Å². The minimum Gasteiger partial charge on any atom is -0.485 e. The SMILES string of the molecule is Cc1ccccc1OCc1ccc(C(=O)NCC(=O)Nc2ccc(Cl)c(Cl)c2)o1. The zero-order chi connectivity index (χ0) is 20.8. The molecule has 0 unspecified atom stereocenters. The summed E-state index contributed by atoms with van der Waals surface area (Å²) in [5.41, 5.74) is 1.48. The Morgan fingerprint density at radius 2 is 1.83 bits per heavy atom. The van der Waals surface area contributed by atoms with Crippen molar-refractivity contribution in [3.8, 4) is 5.75 Å². The lowest BCUT2D eigenvalue weighted by Gasteiger charge is -2.07. The predicted octanol–water partition coefficient (Wildman–Crippen LogP) is 4.84. The molecule has 29 heavy (non-hydrogen) atoms. The number of hydrogen-bond acceptors (Lipinski definition) is 4. The van der Waals surface area contributed by atoms with Gasteiger partial charge in [0.2, 0.25) is 5.91 Å². The van der Waals surface area contributed by atoms with Gasteiger partial charge in [0.25, 0.3) is 5.91 Å². The Morgan fingerprint density at radius 3 is 2.59 bits per heavy atom. The number of anilines is 1. The molecule has 0 radical (unpaired) electrons. The molecule has 1 heterocycles. The molecule has 2 aromatic carbocycles. The van der Waals surface area contributed by atoms with Crippen molar-refractivity contribution in [1.29, 1.82) is 0 Å². The van der Waals surface area contributed by atoms with Gasteiger partial charge in [-0.15, -0.1) is 0 Å². The zero-order valence-corrected chi connectivity index (χ0v) is 17.0. The number of benzene rings is 2. The molecule has 0 aliphatic rings. The van der Waals surface area contributed by atoms with Crippen LogP contribution in [0.25, 0.3) is 0 Å². The number of amides is 2. The van der Waals surface area contributed by atoms with Gasteiger partial charge in [-0.1, -0.05) is 41.4 Å². The standard InChI is InChI=1S/C21H18Cl2N2O4/c1-13-4-2-3-5-18(13)28-12-15-7-9-19(29-15)21(27)24-11-20(26)25-14-6-8-16(22)17(23)10-14/h2-10H,11-12H2,1H3,(H,24,27)(H,25,26). The second kappa shape index (κ2) is 9.49. The molecule has 0 aliphatic carbocycles. The summed E-state index contributed by atoms with van der Waals surface area (Å²) in [6, 6.07) is 15.5. The van der Waals surface area contributed by atoms with Gasteiger partial charge in [-0.25, -0.2) is 0 Å². The lowest BCUT2D eigenvalue weighted by atomic mass is 10.2. The van der Waals surface area contributed by atoms with Crippen molar-refractivity contribution >= 4 is 40.7 Å². The van der Waals surface area contributed by atoms with E-state index in [1.807, 2.05) is 31.2 Å². The van der Waals surface area contributed by atoms with Crippen molar-refractivity contribution in [3.05, 3.63) is 81.7 Å². The molecule has 0 bridgehead atoms. The van der Waals surface area contributed by atoms with Gasteiger partial charge in [-0.05, 0) is 48.9 Å². The molecule has 3 aromatic rings. The molecule has 0 spiro atoms. The van der Waals surface area contributed by atoms with Crippen LogP contribution >= 0.6 is 23.2 Å². The highest BCUT2D eigenvalue weighted by Crippen LogP contribution is 2.25. The lowest BCUT2D eigenvalue weighted by Crippen LogP contribution is -2.32. The number of rotatable bonds is 7. The van der Waals surface area contributed by atoms with Crippen LogP contribution in [-0.2, 0) is 11.4 Å². The Bertz CT molecular complexity index is 1030. The summed E-state index contributed by atoms with van der Waals surface area (Å²) in [6.45, 7) is 1.91. The van der Waals surface area contributed by atoms with Crippen LogP contribution in [0.15, 0.2) is 59.0 Å². The van der Waals surface area contributed by atoms with E-state index in [1.165, 1.54) is 12.1 Å². The van der Waals surface area contributed by atoms with Crippen molar-refractivity contribution in [2.24, 2.45) is 0 Å². The first-order valence-corrected chi connectivity index (χ1v) is 9.48. The molecule has 150 valence electrons. The van der Waals surface area contributed by atoms with Gasteiger partial charge >= 0.3 is 0 Å². The first kappa shape index (κ1) is 20.8. The normalized spacial score (nSPS) is 10.4. The Morgan fingerprint density at radius 1 is 1.03 bits per heavy atom. The minimum absolute atomic E-state index is 0.0933. The Balaban J connectivity index is 1.49. The third kappa shape index (κ3) is 5.76. The van der Waals surface area contributed by atoms with Gasteiger partial charge in [0.1, 0.15) is 18.1 Å². The number of carbonyl (C=O) groups excluding carboxylic acids is 2. The number of furan rings is 1. The molecule has 0 fully saturated rings. The van der Waals surface area contributed by atoms with Gasteiger partial charge in [0.05, 0.1) is 16.6 Å². The highest BCUT2D eigenvalue weighted by Gasteiger charge is 2.13. The average Bonchev–Trinajstić information content (AvgIpc) is 3.17. The maximum atomic E-state index is 12.2. The second-order valence-electron chi connectivity index (χ2n) is 6.18. The highest BCUT2D eigenvalue weighted by atomic mass is 35.5. The van der Waals surface area contributed by atoms with E-state index in [9.17, 15) is 9.59 Å². The van der Waals surface area contributed by atoms with E-state index in [1.54, 1.807) is 18.2 Å². The van der Waals surface area contributed by atoms with Crippen molar-refractivity contribution in [2.45, 2.75) is 13.5 Å². The summed E-state index contributed by atoms with van der Waals surface area (Å²) in [7, 11) is 0. The number of carbonyl (C=O) groups is 2. The fourth-order valence-electron chi connectivity index (χ4n) is 2.47. The van der Waals surface area contributed by atoms with E-state index in [0.29, 0.717) is 21.5 Å². The summed E-state index contributed by atoms with van der Waals surface area (Å²) in [5, 5.41) is 5.83. The van der Waals surface area contributed by atoms with Gasteiger partial charge in [0.15, 0.2) is 5.76 Å². The van der Waals surface area contributed by atoms with Crippen molar-refractivity contribution in [3.63, 3.8) is 0 Å². The molecule has 6 nitrogen and oxygen atoms in total. The fraction of sp³-hybridized carbons (Fsp3) is 0.143. The molecule has 8 heteroatoms. The van der Waals surface area contributed by atoms with E-state index in [-0.39, 0.29) is 18.9 Å². The number of halogens is 2. The topological polar surface area (TPSA) is 80.6 Å². The third-order valence-corrected chi connectivity index (χ3v) is 4.70. The van der Waals surface area contributed by atoms with E-state index >= 15 is 0 Å². The minimum atomic E-state index is -0.503. The molecule has 0 aliphatic heterocycles. The van der Waals surface area contributed by atoms with Gasteiger partial charge in [-0.3, -0.25) is 9.59 Å². The summed E-state index contributed by atoms with van der Waals surface area (Å²) < 4.78 is 11.2. The summed E-state index contributed by atoms with van der Waals surface area (Å²) in [6.07, 6.45) is 0. The molecule has 1 aromatic heterocycles. The number of ether oxygens (including phenoxy) is 1. The van der Waals surface area contributed by atoms with Crippen molar-refractivity contribution in [1.82, 2.24) is 5.32 Å². The summed E-state index contributed by atoms with van der Waals surface area (Å²) in [4.78, 5) is 24.2. The molecular formula is C21H18Cl2N2O4. The van der Waals surface area contributed by atoms with Crippen LogP contribution in [0.5, 0.6) is 5.75 Å². The van der Waals surface area contributed by atoms with Crippen LogP contribution in [-0.4, -0.2) is 18.4 Å². The smallest absolute Gasteiger partial charge is 0.287 e. The summed E-state index contributed by atoms with van der Waals surface area (Å²) >= 11 is 11.7.